The molecule has 1 aromatic carbocycles. The maximum atomic E-state index is 5.76. The number of nitrogens with zero attached hydrogens (tertiary/aromatic N) is 1. The summed E-state index contributed by atoms with van der Waals surface area (Å²) in [4.78, 5) is 4.13. The van der Waals surface area contributed by atoms with Gasteiger partial charge in [-0.1, -0.05) is 41.9 Å². The van der Waals surface area contributed by atoms with Gasteiger partial charge in [-0.3, -0.25) is 0 Å². The Morgan fingerprint density at radius 1 is 1.00 bits per heavy atom. The summed E-state index contributed by atoms with van der Waals surface area (Å²) in [7, 11) is 0. The molecule has 14 heavy (non-hydrogen) atoms. The van der Waals surface area contributed by atoms with Gasteiger partial charge in [0, 0.05) is 5.56 Å². The van der Waals surface area contributed by atoms with Gasteiger partial charge in [0.1, 0.15) is 9.76 Å². The third-order valence-corrected chi connectivity index (χ3v) is 2.71. The van der Waals surface area contributed by atoms with Crippen molar-refractivity contribution in [1.29, 1.82) is 0 Å². The molecule has 0 amide bonds. The van der Waals surface area contributed by atoms with E-state index >= 15 is 0 Å². The highest BCUT2D eigenvalue weighted by molar-refractivity contribution is 9.10. The lowest BCUT2D eigenvalue weighted by atomic mass is 10.1. The van der Waals surface area contributed by atoms with Crippen LogP contribution in [0.4, 0.5) is 0 Å². The molecule has 0 bridgehead atoms. The van der Waals surface area contributed by atoms with E-state index in [-0.39, 0.29) is 0 Å². The average molecular weight is 269 g/mol. The Morgan fingerprint density at radius 2 is 1.71 bits per heavy atom. The number of rotatable bonds is 1. The molecule has 70 valence electrons. The third-order valence-electron chi connectivity index (χ3n) is 1.90. The van der Waals surface area contributed by atoms with Gasteiger partial charge in [-0.25, -0.2) is 4.98 Å². The Balaban J connectivity index is 2.53. The van der Waals surface area contributed by atoms with Gasteiger partial charge < -0.3 is 0 Å². The van der Waals surface area contributed by atoms with Gasteiger partial charge in [-0.05, 0) is 33.6 Å². The van der Waals surface area contributed by atoms with Gasteiger partial charge in [0.05, 0.1) is 0 Å². The predicted octanol–water partition coefficient (Wildman–Crippen LogP) is 4.16. The zero-order chi connectivity index (χ0) is 9.97. The van der Waals surface area contributed by atoms with Crippen molar-refractivity contribution in [1.82, 2.24) is 4.98 Å². The van der Waals surface area contributed by atoms with Crippen molar-refractivity contribution in [2.24, 2.45) is 0 Å². The molecule has 0 saturated carbocycles. The molecule has 3 heteroatoms. The van der Waals surface area contributed by atoms with Gasteiger partial charge in [0.2, 0.25) is 0 Å². The van der Waals surface area contributed by atoms with E-state index in [0.29, 0.717) is 5.15 Å². The first-order valence-electron chi connectivity index (χ1n) is 4.15. The Morgan fingerprint density at radius 3 is 2.36 bits per heavy atom. The molecule has 2 rings (SSSR count). The largest absolute Gasteiger partial charge is 0.229 e. The van der Waals surface area contributed by atoms with Crippen LogP contribution in [0.1, 0.15) is 0 Å². The number of halogens is 2. The average Bonchev–Trinajstić information content (AvgIpc) is 2.19. The Hall–Kier alpha value is -0.860. The minimum absolute atomic E-state index is 0.497. The van der Waals surface area contributed by atoms with E-state index in [1.54, 1.807) is 6.07 Å². The van der Waals surface area contributed by atoms with Crippen LogP contribution in [-0.2, 0) is 0 Å². The molecule has 0 saturated heterocycles. The van der Waals surface area contributed by atoms with Crippen molar-refractivity contribution in [3.8, 4) is 11.1 Å². The second kappa shape index (κ2) is 4.11. The molecule has 1 aromatic heterocycles. The molecule has 0 N–H and O–H groups in total. The fourth-order valence-corrected chi connectivity index (χ4v) is 2.05. The monoisotopic (exact) mass is 267 g/mol. The van der Waals surface area contributed by atoms with Crippen molar-refractivity contribution in [3.05, 3.63) is 52.2 Å². The van der Waals surface area contributed by atoms with E-state index in [1.165, 1.54) is 0 Å². The lowest BCUT2D eigenvalue weighted by Gasteiger charge is -2.03. The summed E-state index contributed by atoms with van der Waals surface area (Å²) in [6.07, 6.45) is 0. The van der Waals surface area contributed by atoms with Crippen LogP contribution in [0.3, 0.4) is 0 Å². The topological polar surface area (TPSA) is 12.9 Å². The minimum Gasteiger partial charge on any atom is -0.229 e. The van der Waals surface area contributed by atoms with Crippen LogP contribution in [-0.4, -0.2) is 4.98 Å². The van der Waals surface area contributed by atoms with E-state index < -0.39 is 0 Å². The molecule has 0 unspecified atom stereocenters. The van der Waals surface area contributed by atoms with E-state index in [0.717, 1.165) is 15.7 Å². The molecule has 2 aromatic rings. The molecule has 0 spiro atoms. The van der Waals surface area contributed by atoms with Gasteiger partial charge in [0.15, 0.2) is 0 Å². The number of hydrogen-bond donors (Lipinski definition) is 0. The second-order valence-electron chi connectivity index (χ2n) is 2.84. The van der Waals surface area contributed by atoms with Crippen molar-refractivity contribution < 1.29 is 0 Å². The van der Waals surface area contributed by atoms with E-state index in [2.05, 4.69) is 20.9 Å². The standard InChI is InChI=1S/C11H7BrClN/c12-11-9(6-7-10(13)14-11)8-4-2-1-3-5-8/h1-7H. The molecule has 0 radical (unpaired) electrons. The first kappa shape index (κ1) is 9.69. The number of hydrogen-bond acceptors (Lipinski definition) is 1. The molecule has 0 aliphatic rings. The fraction of sp³-hybridized carbons (Fsp3) is 0. The zero-order valence-corrected chi connectivity index (χ0v) is 9.59. The van der Waals surface area contributed by atoms with Gasteiger partial charge >= 0.3 is 0 Å². The number of aromatic nitrogens is 1. The van der Waals surface area contributed by atoms with E-state index in [4.69, 9.17) is 11.6 Å². The van der Waals surface area contributed by atoms with Crippen LogP contribution in [0.15, 0.2) is 47.1 Å². The third kappa shape index (κ3) is 1.97. The molecular weight excluding hydrogens is 261 g/mol. The van der Waals surface area contributed by atoms with E-state index in [9.17, 15) is 0 Å². The van der Waals surface area contributed by atoms with Crippen LogP contribution in [0.5, 0.6) is 0 Å². The SMILES string of the molecule is Clc1ccc(-c2ccccc2)c(Br)n1. The molecule has 0 aliphatic carbocycles. The summed E-state index contributed by atoms with van der Waals surface area (Å²) in [5.74, 6) is 0. The highest BCUT2D eigenvalue weighted by Gasteiger charge is 2.03. The normalized spacial score (nSPS) is 10.1. The smallest absolute Gasteiger partial charge is 0.130 e. The molecule has 0 atom stereocenters. The number of benzene rings is 1. The summed E-state index contributed by atoms with van der Waals surface area (Å²) < 4.78 is 0.774. The lowest BCUT2D eigenvalue weighted by Crippen LogP contribution is -1.83. The summed E-state index contributed by atoms with van der Waals surface area (Å²) in [6.45, 7) is 0. The highest BCUT2D eigenvalue weighted by Crippen LogP contribution is 2.27. The summed E-state index contributed by atoms with van der Waals surface area (Å²) in [6, 6.07) is 13.8. The molecule has 0 fully saturated rings. The summed E-state index contributed by atoms with van der Waals surface area (Å²) >= 11 is 9.15. The van der Waals surface area contributed by atoms with Gasteiger partial charge in [0.25, 0.3) is 0 Å². The van der Waals surface area contributed by atoms with Crippen molar-refractivity contribution in [3.63, 3.8) is 0 Å². The first-order chi connectivity index (χ1) is 6.77. The fourth-order valence-electron chi connectivity index (χ4n) is 1.25. The first-order valence-corrected chi connectivity index (χ1v) is 5.32. The Bertz CT molecular complexity index is 442. The van der Waals surface area contributed by atoms with Gasteiger partial charge in [-0.15, -0.1) is 0 Å². The molecule has 1 heterocycles. The molecule has 0 aliphatic heterocycles. The maximum Gasteiger partial charge on any atom is 0.130 e. The highest BCUT2D eigenvalue weighted by atomic mass is 79.9. The Kier molecular flexibility index (Phi) is 2.85. The van der Waals surface area contributed by atoms with Crippen LogP contribution < -0.4 is 0 Å². The lowest BCUT2D eigenvalue weighted by molar-refractivity contribution is 1.28. The van der Waals surface area contributed by atoms with Crippen molar-refractivity contribution >= 4 is 27.5 Å². The summed E-state index contributed by atoms with van der Waals surface area (Å²) in [5, 5.41) is 0.497. The van der Waals surface area contributed by atoms with Gasteiger partial charge in [-0.2, -0.15) is 0 Å². The van der Waals surface area contributed by atoms with Crippen molar-refractivity contribution in [2.75, 3.05) is 0 Å². The summed E-state index contributed by atoms with van der Waals surface area (Å²) in [5.41, 5.74) is 2.18. The minimum atomic E-state index is 0.497. The van der Waals surface area contributed by atoms with Crippen LogP contribution in [0.2, 0.25) is 5.15 Å². The number of pyridine rings is 1. The van der Waals surface area contributed by atoms with Crippen LogP contribution >= 0.6 is 27.5 Å². The molecular formula is C11H7BrClN. The van der Waals surface area contributed by atoms with Crippen LogP contribution in [0.25, 0.3) is 11.1 Å². The zero-order valence-electron chi connectivity index (χ0n) is 7.24. The molecule has 1 nitrogen and oxygen atoms in total. The predicted molar refractivity (Wildman–Crippen MR) is 62.4 cm³/mol. The van der Waals surface area contributed by atoms with Crippen LogP contribution in [0, 0.1) is 0 Å². The maximum absolute atomic E-state index is 5.76. The van der Waals surface area contributed by atoms with Crippen molar-refractivity contribution in [2.45, 2.75) is 0 Å². The quantitative estimate of drug-likeness (QED) is 0.708. The van der Waals surface area contributed by atoms with E-state index in [1.807, 2.05) is 36.4 Å². The second-order valence-corrected chi connectivity index (χ2v) is 3.98. The Labute approximate surface area is 95.9 Å².